The van der Waals surface area contributed by atoms with Crippen LogP contribution in [0.1, 0.15) is 18.4 Å². The van der Waals surface area contributed by atoms with Gasteiger partial charge in [-0.1, -0.05) is 6.07 Å². The molecule has 3 rings (SSSR count). The van der Waals surface area contributed by atoms with Gasteiger partial charge in [0.25, 0.3) is 0 Å². The molecule has 1 saturated carbocycles. The first-order valence-electron chi connectivity index (χ1n) is 7.01. The Bertz CT molecular complexity index is 667. The lowest BCUT2D eigenvalue weighted by atomic mass is 10.2. The summed E-state index contributed by atoms with van der Waals surface area (Å²) in [6.07, 6.45) is 3.10. The summed E-state index contributed by atoms with van der Waals surface area (Å²) in [7, 11) is 0. The third-order valence-corrected chi connectivity index (χ3v) is 3.53. The average Bonchev–Trinajstić information content (AvgIpc) is 3.28. The molecule has 1 aromatic carbocycles. The van der Waals surface area contributed by atoms with Crippen LogP contribution in [0.3, 0.4) is 0 Å². The van der Waals surface area contributed by atoms with Gasteiger partial charge >= 0.3 is 0 Å². The number of nitrogens with two attached hydrogens (primary N) is 1. The zero-order chi connectivity index (χ0) is 15.6. The first kappa shape index (κ1) is 14.5. The van der Waals surface area contributed by atoms with Crippen LogP contribution in [0.25, 0.3) is 0 Å². The van der Waals surface area contributed by atoms with Crippen LogP contribution in [-0.2, 0) is 11.3 Å². The number of amides is 1. The first-order chi connectivity index (χ1) is 10.5. The molecule has 0 aliphatic heterocycles. The van der Waals surface area contributed by atoms with E-state index >= 15 is 0 Å². The lowest BCUT2D eigenvalue weighted by Crippen LogP contribution is -2.42. The number of hydrogen-bond acceptors (Lipinski definition) is 4. The number of carbonyl (C=O) groups excluding carboxylic acids is 1. The SMILES string of the molecule is NC1(C(=O)NCc2ccc(Oc3ccc(F)cc3)nc2)CC1. The number of pyridine rings is 1. The van der Waals surface area contributed by atoms with Gasteiger partial charge < -0.3 is 15.8 Å². The number of ether oxygens (including phenoxy) is 1. The largest absolute Gasteiger partial charge is 0.439 e. The molecule has 22 heavy (non-hydrogen) atoms. The van der Waals surface area contributed by atoms with E-state index in [1.165, 1.54) is 24.3 Å². The van der Waals surface area contributed by atoms with E-state index in [1.54, 1.807) is 12.3 Å². The van der Waals surface area contributed by atoms with E-state index in [9.17, 15) is 9.18 Å². The maximum atomic E-state index is 12.8. The van der Waals surface area contributed by atoms with E-state index in [0.29, 0.717) is 18.2 Å². The van der Waals surface area contributed by atoms with Crippen molar-refractivity contribution in [3.8, 4) is 11.6 Å². The van der Waals surface area contributed by atoms with Crippen LogP contribution in [0.15, 0.2) is 42.6 Å². The molecule has 0 radical (unpaired) electrons. The zero-order valence-corrected chi connectivity index (χ0v) is 11.9. The van der Waals surface area contributed by atoms with Crippen LogP contribution < -0.4 is 15.8 Å². The Balaban J connectivity index is 1.55. The Morgan fingerprint density at radius 3 is 2.59 bits per heavy atom. The molecular weight excluding hydrogens is 285 g/mol. The molecule has 114 valence electrons. The normalized spacial score (nSPS) is 15.2. The minimum Gasteiger partial charge on any atom is -0.439 e. The molecule has 0 spiro atoms. The van der Waals surface area contributed by atoms with Crippen LogP contribution in [0.2, 0.25) is 0 Å². The summed E-state index contributed by atoms with van der Waals surface area (Å²) >= 11 is 0. The van der Waals surface area contributed by atoms with Crippen molar-refractivity contribution in [2.24, 2.45) is 5.73 Å². The second kappa shape index (κ2) is 5.73. The van der Waals surface area contributed by atoms with Crippen LogP contribution in [-0.4, -0.2) is 16.4 Å². The molecule has 1 aromatic heterocycles. The molecule has 1 amide bonds. The summed E-state index contributed by atoms with van der Waals surface area (Å²) < 4.78 is 18.3. The van der Waals surface area contributed by atoms with Gasteiger partial charge in [-0.05, 0) is 42.7 Å². The van der Waals surface area contributed by atoms with Gasteiger partial charge in [0.2, 0.25) is 11.8 Å². The van der Waals surface area contributed by atoms with E-state index in [1.807, 2.05) is 6.07 Å². The summed E-state index contributed by atoms with van der Waals surface area (Å²) in [5, 5.41) is 2.79. The van der Waals surface area contributed by atoms with Crippen molar-refractivity contribution < 1.29 is 13.9 Å². The average molecular weight is 301 g/mol. The Kier molecular flexibility index (Phi) is 3.77. The standard InChI is InChI=1S/C16H16FN3O2/c17-12-2-4-13(5-3-12)22-14-6-1-11(9-19-14)10-20-15(21)16(18)7-8-16/h1-6,9H,7-8,10,18H2,(H,20,21). The van der Waals surface area contributed by atoms with Crippen molar-refractivity contribution in [2.45, 2.75) is 24.9 Å². The van der Waals surface area contributed by atoms with Gasteiger partial charge in [-0.2, -0.15) is 0 Å². The summed E-state index contributed by atoms with van der Waals surface area (Å²) in [5.74, 6) is 0.465. The molecule has 3 N–H and O–H groups in total. The number of carbonyl (C=O) groups is 1. The molecule has 5 nitrogen and oxygen atoms in total. The third kappa shape index (κ3) is 3.40. The summed E-state index contributed by atoms with van der Waals surface area (Å²) in [6, 6.07) is 9.20. The van der Waals surface area contributed by atoms with Crippen LogP contribution in [0, 0.1) is 5.82 Å². The lowest BCUT2D eigenvalue weighted by Gasteiger charge is -2.10. The van der Waals surface area contributed by atoms with Crippen molar-refractivity contribution in [2.75, 3.05) is 0 Å². The molecule has 0 bridgehead atoms. The molecule has 1 aliphatic carbocycles. The summed E-state index contributed by atoms with van der Waals surface area (Å²) in [6.45, 7) is 0.377. The first-order valence-corrected chi connectivity index (χ1v) is 7.01. The molecule has 1 heterocycles. The summed E-state index contributed by atoms with van der Waals surface area (Å²) in [5.41, 5.74) is 5.98. The molecule has 2 aromatic rings. The van der Waals surface area contributed by atoms with Crippen molar-refractivity contribution in [3.63, 3.8) is 0 Å². The second-order valence-corrected chi connectivity index (χ2v) is 5.40. The molecule has 6 heteroatoms. The zero-order valence-electron chi connectivity index (χ0n) is 11.9. The smallest absolute Gasteiger partial charge is 0.240 e. The van der Waals surface area contributed by atoms with Crippen molar-refractivity contribution >= 4 is 5.91 Å². The fraction of sp³-hybridized carbons (Fsp3) is 0.250. The number of halogens is 1. The number of hydrogen-bond donors (Lipinski definition) is 2. The maximum Gasteiger partial charge on any atom is 0.240 e. The van der Waals surface area contributed by atoms with Gasteiger partial charge in [0.15, 0.2) is 0 Å². The van der Waals surface area contributed by atoms with E-state index < -0.39 is 5.54 Å². The summed E-state index contributed by atoms with van der Waals surface area (Å²) in [4.78, 5) is 15.9. The highest BCUT2D eigenvalue weighted by Gasteiger charge is 2.45. The van der Waals surface area contributed by atoms with Crippen molar-refractivity contribution in [1.82, 2.24) is 10.3 Å². The monoisotopic (exact) mass is 301 g/mol. The van der Waals surface area contributed by atoms with Gasteiger partial charge in [-0.3, -0.25) is 4.79 Å². The van der Waals surface area contributed by atoms with Gasteiger partial charge in [0.05, 0.1) is 5.54 Å². The molecule has 0 unspecified atom stereocenters. The van der Waals surface area contributed by atoms with E-state index in [4.69, 9.17) is 10.5 Å². The van der Waals surface area contributed by atoms with E-state index in [-0.39, 0.29) is 11.7 Å². The molecular formula is C16H16FN3O2. The Morgan fingerprint density at radius 2 is 2.00 bits per heavy atom. The number of nitrogens with one attached hydrogen (secondary N) is 1. The fourth-order valence-electron chi connectivity index (χ4n) is 1.92. The van der Waals surface area contributed by atoms with Gasteiger partial charge in [-0.25, -0.2) is 9.37 Å². The number of aromatic nitrogens is 1. The van der Waals surface area contributed by atoms with Gasteiger partial charge in [0, 0.05) is 18.8 Å². The fourth-order valence-corrected chi connectivity index (χ4v) is 1.92. The van der Waals surface area contributed by atoms with Crippen LogP contribution >= 0.6 is 0 Å². The quantitative estimate of drug-likeness (QED) is 0.887. The number of nitrogens with zero attached hydrogens (tertiary/aromatic N) is 1. The number of rotatable bonds is 5. The minimum absolute atomic E-state index is 0.126. The molecule has 1 fully saturated rings. The van der Waals surface area contributed by atoms with Gasteiger partial charge in [0.1, 0.15) is 11.6 Å². The molecule has 0 saturated heterocycles. The van der Waals surface area contributed by atoms with Crippen LogP contribution in [0.5, 0.6) is 11.6 Å². The highest BCUT2D eigenvalue weighted by Crippen LogP contribution is 2.32. The maximum absolute atomic E-state index is 12.8. The topological polar surface area (TPSA) is 77.2 Å². The third-order valence-electron chi connectivity index (χ3n) is 3.53. The van der Waals surface area contributed by atoms with Crippen LogP contribution in [0.4, 0.5) is 4.39 Å². The van der Waals surface area contributed by atoms with Crippen molar-refractivity contribution in [1.29, 1.82) is 0 Å². The Morgan fingerprint density at radius 1 is 1.27 bits per heavy atom. The molecule has 0 atom stereocenters. The Labute approximate surface area is 127 Å². The highest BCUT2D eigenvalue weighted by molar-refractivity contribution is 5.88. The van der Waals surface area contributed by atoms with Crippen molar-refractivity contribution in [3.05, 3.63) is 54.0 Å². The number of benzene rings is 1. The highest BCUT2D eigenvalue weighted by atomic mass is 19.1. The second-order valence-electron chi connectivity index (χ2n) is 5.40. The predicted molar refractivity (Wildman–Crippen MR) is 78.7 cm³/mol. The lowest BCUT2D eigenvalue weighted by molar-refractivity contribution is -0.123. The van der Waals surface area contributed by atoms with E-state index in [2.05, 4.69) is 10.3 Å². The van der Waals surface area contributed by atoms with Gasteiger partial charge in [-0.15, -0.1) is 0 Å². The van der Waals surface area contributed by atoms with E-state index in [0.717, 1.165) is 18.4 Å². The Hall–Kier alpha value is -2.47. The predicted octanol–water partition coefficient (Wildman–Crippen LogP) is 2.12. The molecule has 1 aliphatic rings. The minimum atomic E-state index is -0.668.